The number of piperazine rings is 1. The Hall–Kier alpha value is -3.53. The van der Waals surface area contributed by atoms with E-state index in [4.69, 9.17) is 9.36 Å². The van der Waals surface area contributed by atoms with Crippen molar-refractivity contribution in [1.29, 1.82) is 0 Å². The molecule has 6 nitrogen and oxygen atoms in total. The van der Waals surface area contributed by atoms with Crippen molar-refractivity contribution >= 4 is 17.4 Å². The van der Waals surface area contributed by atoms with Gasteiger partial charge in [0.15, 0.2) is 11.4 Å². The van der Waals surface area contributed by atoms with Crippen LogP contribution in [0.5, 0.6) is 0 Å². The first-order valence-corrected chi connectivity index (χ1v) is 13.1. The molecule has 2 atom stereocenters. The van der Waals surface area contributed by atoms with Gasteiger partial charge < -0.3 is 10.2 Å². The van der Waals surface area contributed by atoms with Crippen LogP contribution in [0.2, 0.25) is 0 Å². The number of benzene rings is 3. The van der Waals surface area contributed by atoms with Crippen LogP contribution in [0.1, 0.15) is 27.5 Å². The highest BCUT2D eigenvalue weighted by molar-refractivity contribution is 7.05. The number of quaternary nitrogens is 1. The Morgan fingerprint density at radius 1 is 0.973 bits per heavy atom. The van der Waals surface area contributed by atoms with Crippen molar-refractivity contribution in [3.8, 4) is 0 Å². The van der Waals surface area contributed by atoms with Gasteiger partial charge in [-0.3, -0.25) is 4.79 Å². The van der Waals surface area contributed by atoms with Gasteiger partial charge in [-0.1, -0.05) is 60.7 Å². The lowest BCUT2D eigenvalue weighted by molar-refractivity contribution is -0.684. The molecule has 0 radical (unpaired) electrons. The Bertz CT molecular complexity index is 1400. The van der Waals surface area contributed by atoms with Crippen LogP contribution in [-0.2, 0) is 23.3 Å². The van der Waals surface area contributed by atoms with Gasteiger partial charge in [-0.15, -0.1) is 0 Å². The van der Waals surface area contributed by atoms with E-state index >= 15 is 0 Å². The zero-order valence-electron chi connectivity index (χ0n) is 20.1. The summed E-state index contributed by atoms with van der Waals surface area (Å²) in [6.45, 7) is 2.22. The third-order valence-electron chi connectivity index (χ3n) is 7.22. The number of fused-ring (bicyclic) bond motifs is 1. The summed E-state index contributed by atoms with van der Waals surface area (Å²) in [4.78, 5) is 22.5. The molecule has 2 aliphatic heterocycles. The molecule has 3 heterocycles. The number of hydrogen-bond acceptors (Lipinski definition) is 5. The van der Waals surface area contributed by atoms with E-state index in [2.05, 4.69) is 22.3 Å². The fourth-order valence-electron chi connectivity index (χ4n) is 5.58. The Morgan fingerprint density at radius 2 is 1.68 bits per heavy atom. The number of nitrogens with zero attached hydrogens (tertiary/aromatic N) is 4. The number of hydrogen-bond donors (Lipinski definition) is 1. The summed E-state index contributed by atoms with van der Waals surface area (Å²) in [7, 11) is 0. The third-order valence-corrected chi connectivity index (χ3v) is 7.93. The Kier molecular flexibility index (Phi) is 6.27. The summed E-state index contributed by atoms with van der Waals surface area (Å²) in [5, 5.41) is 2.90. The minimum absolute atomic E-state index is 0.0788. The molecule has 0 aliphatic carbocycles. The van der Waals surface area contributed by atoms with Gasteiger partial charge in [-0.05, 0) is 40.4 Å². The van der Waals surface area contributed by atoms with E-state index in [9.17, 15) is 13.6 Å². The summed E-state index contributed by atoms with van der Waals surface area (Å²) < 4.78 is 32.3. The fraction of sp³-hybridized carbons (Fsp3) is 0.250. The molecule has 188 valence electrons. The van der Waals surface area contributed by atoms with Crippen LogP contribution in [-0.4, -0.2) is 50.9 Å². The lowest BCUT2D eigenvalue weighted by atomic mass is 9.85. The Balaban J connectivity index is 1.38. The van der Waals surface area contributed by atoms with Crippen LogP contribution < -0.4 is 5.32 Å². The average Bonchev–Trinajstić information content (AvgIpc) is 3.49. The number of carbonyl (C=O) groups is 1. The van der Waals surface area contributed by atoms with Crippen molar-refractivity contribution in [1.82, 2.24) is 19.2 Å². The molecular formula is C28H26F2N5OS+. The molecule has 1 amide bonds. The zero-order chi connectivity index (χ0) is 25.4. The second kappa shape index (κ2) is 9.74. The second-order valence-corrected chi connectivity index (χ2v) is 10.4. The van der Waals surface area contributed by atoms with Gasteiger partial charge >= 0.3 is 0 Å². The van der Waals surface area contributed by atoms with E-state index in [0.717, 1.165) is 23.7 Å². The minimum atomic E-state index is -0.715. The Morgan fingerprint density at radius 3 is 2.41 bits per heavy atom. The van der Waals surface area contributed by atoms with E-state index in [1.165, 1.54) is 23.7 Å². The molecular weight excluding hydrogens is 492 g/mol. The predicted octanol–water partition coefficient (Wildman–Crippen LogP) is 2.90. The van der Waals surface area contributed by atoms with Crippen LogP contribution in [0.25, 0.3) is 0 Å². The first kappa shape index (κ1) is 23.8. The summed E-state index contributed by atoms with van der Waals surface area (Å²) in [6, 6.07) is 23.6. The fourth-order valence-corrected chi connectivity index (χ4v) is 6.32. The van der Waals surface area contributed by atoms with Crippen LogP contribution in [0.4, 0.5) is 8.78 Å². The van der Waals surface area contributed by atoms with Crippen molar-refractivity contribution in [2.75, 3.05) is 19.6 Å². The topological polar surface area (TPSA) is 65.9 Å². The smallest absolute Gasteiger partial charge is 0.238 e. The molecule has 2 aliphatic rings. The second-order valence-electron chi connectivity index (χ2n) is 9.54. The standard InChI is InChI=1S/C28H25F2N5OS/c29-22-11-20(12-23(30)14-22)13-24-32-27(33-37-24)28(21-9-5-2-6-10-21)18-31-15-25-34(26(36)17-35(25)28)16-19-7-3-1-4-8-19/h1-12,14,25,31H,13,15-18H2/p+1/t25?,28-/m1/s1. The van der Waals surface area contributed by atoms with Gasteiger partial charge in [-0.25, -0.2) is 18.7 Å². The van der Waals surface area contributed by atoms with Crippen LogP contribution in [0.3, 0.4) is 0 Å². The van der Waals surface area contributed by atoms with Gasteiger partial charge in [0, 0.05) is 19.0 Å². The van der Waals surface area contributed by atoms with Crippen molar-refractivity contribution in [2.45, 2.75) is 24.7 Å². The van der Waals surface area contributed by atoms with Crippen molar-refractivity contribution < 1.29 is 18.9 Å². The third kappa shape index (κ3) is 4.43. The first-order valence-electron chi connectivity index (χ1n) is 12.3. The van der Waals surface area contributed by atoms with Gasteiger partial charge in [0.25, 0.3) is 0 Å². The lowest BCUT2D eigenvalue weighted by Gasteiger charge is -2.45. The molecule has 4 aromatic rings. The van der Waals surface area contributed by atoms with E-state index in [0.29, 0.717) is 29.5 Å². The van der Waals surface area contributed by atoms with Gasteiger partial charge in [-0.2, -0.15) is 4.37 Å². The van der Waals surface area contributed by atoms with E-state index in [-0.39, 0.29) is 25.0 Å². The maximum absolute atomic E-state index is 13.8. The first-order chi connectivity index (χ1) is 18.0. The molecule has 9 heteroatoms. The number of amides is 1. The number of rotatable bonds is 6. The average molecular weight is 519 g/mol. The number of nitrogens with two attached hydrogens (primary N) is 1. The minimum Gasteiger partial charge on any atom is -0.341 e. The van der Waals surface area contributed by atoms with Crippen molar-refractivity contribution in [2.24, 2.45) is 0 Å². The van der Waals surface area contributed by atoms with E-state index in [1.807, 2.05) is 53.4 Å². The highest BCUT2D eigenvalue weighted by Gasteiger charge is 2.57. The van der Waals surface area contributed by atoms with Crippen LogP contribution in [0, 0.1) is 11.6 Å². The number of carbonyl (C=O) groups excluding carboxylic acids is 1. The highest BCUT2D eigenvalue weighted by atomic mass is 32.1. The predicted molar refractivity (Wildman–Crippen MR) is 135 cm³/mol. The maximum atomic E-state index is 13.8. The van der Waals surface area contributed by atoms with Gasteiger partial charge in [0.05, 0.1) is 6.54 Å². The molecule has 2 fully saturated rings. The van der Waals surface area contributed by atoms with Crippen LogP contribution >= 0.6 is 11.5 Å². The van der Waals surface area contributed by atoms with Crippen LogP contribution in [0.15, 0.2) is 78.9 Å². The molecule has 0 spiro atoms. The summed E-state index contributed by atoms with van der Waals surface area (Å²) in [5.41, 5.74) is 1.90. The lowest BCUT2D eigenvalue weighted by Crippen LogP contribution is -2.96. The Labute approximate surface area is 217 Å². The summed E-state index contributed by atoms with van der Waals surface area (Å²) >= 11 is 1.24. The van der Waals surface area contributed by atoms with E-state index < -0.39 is 17.2 Å². The molecule has 1 unspecified atom stereocenters. The largest absolute Gasteiger partial charge is 0.341 e. The molecule has 0 bridgehead atoms. The molecule has 0 saturated carbocycles. The zero-order valence-corrected chi connectivity index (χ0v) is 20.9. The molecule has 2 saturated heterocycles. The number of aromatic nitrogens is 2. The quantitative estimate of drug-likeness (QED) is 0.426. The van der Waals surface area contributed by atoms with Crippen molar-refractivity contribution in [3.63, 3.8) is 0 Å². The highest BCUT2D eigenvalue weighted by Crippen LogP contribution is 2.40. The molecule has 3 aromatic carbocycles. The normalized spacial score (nSPS) is 21.8. The summed E-state index contributed by atoms with van der Waals surface area (Å²) in [6.07, 6.45) is 0.162. The summed E-state index contributed by atoms with van der Waals surface area (Å²) in [5.74, 6) is -0.528. The number of halogens is 2. The van der Waals surface area contributed by atoms with Crippen molar-refractivity contribution in [3.05, 3.63) is 118 Å². The van der Waals surface area contributed by atoms with Gasteiger partial charge in [0.1, 0.15) is 35.9 Å². The van der Waals surface area contributed by atoms with E-state index in [1.54, 1.807) is 0 Å². The monoisotopic (exact) mass is 518 g/mol. The molecule has 37 heavy (non-hydrogen) atoms. The molecule has 1 aromatic heterocycles. The SMILES string of the molecule is O=C1CN2C(C[NH2+]C[C@@]2(c2ccccc2)c2nsc(Cc3cc(F)cc(F)c3)n2)N1Cc1ccccc1. The molecule has 6 rings (SSSR count). The maximum Gasteiger partial charge on any atom is 0.238 e. The molecule has 2 N–H and O–H groups in total. The van der Waals surface area contributed by atoms with Gasteiger partial charge in [0.2, 0.25) is 5.91 Å².